The minimum absolute atomic E-state index is 0.584. The molecule has 0 amide bonds. The predicted molar refractivity (Wildman–Crippen MR) is 40.4 cm³/mol. The van der Waals surface area contributed by atoms with Crippen LogP contribution in [0.1, 0.15) is 11.5 Å². The van der Waals surface area contributed by atoms with Gasteiger partial charge in [-0.1, -0.05) is 5.16 Å². The molecule has 0 aliphatic rings. The van der Waals surface area contributed by atoms with Gasteiger partial charge in [-0.3, -0.25) is 0 Å². The highest BCUT2D eigenvalue weighted by Crippen LogP contribution is 2.02. The maximum Gasteiger partial charge on any atom is 0.158 e. The summed E-state index contributed by atoms with van der Waals surface area (Å²) in [6.07, 6.45) is 3.13. The summed E-state index contributed by atoms with van der Waals surface area (Å²) in [7, 11) is 0. The standard InChI is InChI=1S/C7H8N4O/c1-6-2-7(12-10-6)3-11-5-8-4-9-11/h2,4-5H,3H2,1H3. The average molecular weight is 164 g/mol. The fourth-order valence-electron chi connectivity index (χ4n) is 0.965. The Morgan fingerprint density at radius 1 is 1.58 bits per heavy atom. The lowest BCUT2D eigenvalue weighted by molar-refractivity contribution is 0.368. The van der Waals surface area contributed by atoms with Gasteiger partial charge in [-0.15, -0.1) is 0 Å². The molecule has 2 rings (SSSR count). The van der Waals surface area contributed by atoms with Crippen molar-refractivity contribution >= 4 is 0 Å². The van der Waals surface area contributed by atoms with Crippen molar-refractivity contribution in [3.05, 3.63) is 30.2 Å². The van der Waals surface area contributed by atoms with E-state index in [1.165, 1.54) is 6.33 Å². The van der Waals surface area contributed by atoms with Gasteiger partial charge >= 0.3 is 0 Å². The minimum Gasteiger partial charge on any atom is -0.359 e. The molecule has 2 aromatic heterocycles. The highest BCUT2D eigenvalue weighted by molar-refractivity contribution is 5.02. The number of rotatable bonds is 2. The second kappa shape index (κ2) is 2.77. The molecule has 0 unspecified atom stereocenters. The van der Waals surface area contributed by atoms with Crippen molar-refractivity contribution < 1.29 is 4.52 Å². The number of aromatic nitrogens is 4. The normalized spacial score (nSPS) is 10.4. The quantitative estimate of drug-likeness (QED) is 0.653. The van der Waals surface area contributed by atoms with Gasteiger partial charge in [0.2, 0.25) is 0 Å². The third-order valence-electron chi connectivity index (χ3n) is 1.46. The first-order valence-corrected chi connectivity index (χ1v) is 3.59. The SMILES string of the molecule is Cc1cc(Cn2cncn2)on1. The number of nitrogens with zero attached hydrogens (tertiary/aromatic N) is 4. The Morgan fingerprint density at radius 3 is 3.08 bits per heavy atom. The zero-order chi connectivity index (χ0) is 8.39. The van der Waals surface area contributed by atoms with Crippen LogP contribution in [0, 0.1) is 6.92 Å². The lowest BCUT2D eigenvalue weighted by atomic mass is 10.4. The molecular formula is C7H8N4O. The smallest absolute Gasteiger partial charge is 0.158 e. The number of aryl methyl sites for hydroxylation is 1. The molecule has 0 radical (unpaired) electrons. The molecule has 12 heavy (non-hydrogen) atoms. The Morgan fingerprint density at radius 2 is 2.50 bits per heavy atom. The first kappa shape index (κ1) is 7.02. The fourth-order valence-corrected chi connectivity index (χ4v) is 0.965. The molecule has 62 valence electrons. The van der Waals surface area contributed by atoms with E-state index in [4.69, 9.17) is 4.52 Å². The Hall–Kier alpha value is -1.65. The predicted octanol–water partition coefficient (Wildman–Crippen LogP) is 0.623. The summed E-state index contributed by atoms with van der Waals surface area (Å²) >= 11 is 0. The van der Waals surface area contributed by atoms with Crippen LogP contribution in [0.25, 0.3) is 0 Å². The molecular weight excluding hydrogens is 156 g/mol. The molecule has 0 saturated carbocycles. The van der Waals surface area contributed by atoms with E-state index < -0.39 is 0 Å². The maximum absolute atomic E-state index is 5.00. The van der Waals surface area contributed by atoms with Gasteiger partial charge in [-0.05, 0) is 6.92 Å². The maximum atomic E-state index is 5.00. The van der Waals surface area contributed by atoms with Crippen LogP contribution in [-0.2, 0) is 6.54 Å². The molecule has 0 spiro atoms. The summed E-state index contributed by atoms with van der Waals surface area (Å²) in [6.45, 7) is 2.47. The van der Waals surface area contributed by atoms with Crippen LogP contribution in [-0.4, -0.2) is 19.9 Å². The van der Waals surface area contributed by atoms with E-state index in [0.717, 1.165) is 11.5 Å². The second-order valence-corrected chi connectivity index (χ2v) is 2.53. The van der Waals surface area contributed by atoms with Crippen LogP contribution in [0.4, 0.5) is 0 Å². The molecule has 2 aromatic rings. The van der Waals surface area contributed by atoms with E-state index in [-0.39, 0.29) is 0 Å². The Balaban J connectivity index is 2.14. The Kier molecular flexibility index (Phi) is 1.62. The minimum atomic E-state index is 0.584. The molecule has 0 bridgehead atoms. The summed E-state index contributed by atoms with van der Waals surface area (Å²) in [5.74, 6) is 0.790. The van der Waals surface area contributed by atoms with Crippen molar-refractivity contribution in [1.82, 2.24) is 19.9 Å². The van der Waals surface area contributed by atoms with Gasteiger partial charge in [-0.2, -0.15) is 5.10 Å². The second-order valence-electron chi connectivity index (χ2n) is 2.53. The highest BCUT2D eigenvalue weighted by Gasteiger charge is 2.00. The van der Waals surface area contributed by atoms with E-state index in [0.29, 0.717) is 6.54 Å². The van der Waals surface area contributed by atoms with E-state index in [1.54, 1.807) is 11.0 Å². The van der Waals surface area contributed by atoms with Gasteiger partial charge in [0.15, 0.2) is 5.76 Å². The van der Waals surface area contributed by atoms with Crippen LogP contribution in [0.3, 0.4) is 0 Å². The molecule has 0 atom stereocenters. The van der Waals surface area contributed by atoms with Crippen LogP contribution in [0.2, 0.25) is 0 Å². The van der Waals surface area contributed by atoms with Crippen molar-refractivity contribution in [1.29, 1.82) is 0 Å². The van der Waals surface area contributed by atoms with Crippen molar-refractivity contribution in [3.63, 3.8) is 0 Å². The third-order valence-corrected chi connectivity index (χ3v) is 1.46. The highest BCUT2D eigenvalue weighted by atomic mass is 16.5. The Labute approximate surface area is 69.0 Å². The first-order chi connectivity index (χ1) is 5.84. The molecule has 0 fully saturated rings. The molecule has 0 aromatic carbocycles. The van der Waals surface area contributed by atoms with Gasteiger partial charge < -0.3 is 4.52 Å². The van der Waals surface area contributed by atoms with E-state index >= 15 is 0 Å². The summed E-state index contributed by atoms with van der Waals surface area (Å²) < 4.78 is 6.68. The molecule has 5 nitrogen and oxygen atoms in total. The molecule has 0 N–H and O–H groups in total. The lowest BCUT2D eigenvalue weighted by Gasteiger charge is -1.92. The van der Waals surface area contributed by atoms with Crippen molar-refractivity contribution in [2.24, 2.45) is 0 Å². The zero-order valence-corrected chi connectivity index (χ0v) is 6.64. The van der Waals surface area contributed by atoms with Crippen molar-refractivity contribution in [2.75, 3.05) is 0 Å². The van der Waals surface area contributed by atoms with Gasteiger partial charge in [0, 0.05) is 6.07 Å². The van der Waals surface area contributed by atoms with Gasteiger partial charge in [0.25, 0.3) is 0 Å². The van der Waals surface area contributed by atoms with Crippen molar-refractivity contribution in [3.8, 4) is 0 Å². The Bertz CT molecular complexity index is 351. The number of hydrogen-bond acceptors (Lipinski definition) is 4. The van der Waals surface area contributed by atoms with Crippen LogP contribution in [0.15, 0.2) is 23.2 Å². The molecule has 0 saturated heterocycles. The van der Waals surface area contributed by atoms with E-state index in [9.17, 15) is 0 Å². The van der Waals surface area contributed by atoms with Crippen LogP contribution in [0.5, 0.6) is 0 Å². The molecule has 2 heterocycles. The fraction of sp³-hybridized carbons (Fsp3) is 0.286. The third kappa shape index (κ3) is 1.34. The van der Waals surface area contributed by atoms with Gasteiger partial charge in [0.1, 0.15) is 19.2 Å². The summed E-state index contributed by atoms with van der Waals surface area (Å²) in [6, 6.07) is 1.88. The van der Waals surface area contributed by atoms with Crippen LogP contribution < -0.4 is 0 Å². The molecule has 0 aliphatic carbocycles. The molecule has 0 aliphatic heterocycles. The van der Waals surface area contributed by atoms with Gasteiger partial charge in [0.05, 0.1) is 5.69 Å². The summed E-state index contributed by atoms with van der Waals surface area (Å²) in [4.78, 5) is 3.81. The lowest BCUT2D eigenvalue weighted by Crippen LogP contribution is -1.98. The summed E-state index contributed by atoms with van der Waals surface area (Å²) in [5, 5.41) is 7.70. The first-order valence-electron chi connectivity index (χ1n) is 3.59. The van der Waals surface area contributed by atoms with Crippen LogP contribution >= 0.6 is 0 Å². The van der Waals surface area contributed by atoms with E-state index in [2.05, 4.69) is 15.2 Å². The van der Waals surface area contributed by atoms with Crippen molar-refractivity contribution in [2.45, 2.75) is 13.5 Å². The van der Waals surface area contributed by atoms with E-state index in [1.807, 2.05) is 13.0 Å². The van der Waals surface area contributed by atoms with Gasteiger partial charge in [-0.25, -0.2) is 9.67 Å². The summed E-state index contributed by atoms with van der Waals surface area (Å²) in [5.41, 5.74) is 0.880. The molecule has 5 heteroatoms. The number of hydrogen-bond donors (Lipinski definition) is 0. The average Bonchev–Trinajstić information content (AvgIpc) is 2.63. The zero-order valence-electron chi connectivity index (χ0n) is 6.64. The topological polar surface area (TPSA) is 56.7 Å². The largest absolute Gasteiger partial charge is 0.359 e. The monoisotopic (exact) mass is 164 g/mol.